The van der Waals surface area contributed by atoms with Gasteiger partial charge in [-0.25, -0.2) is 0 Å². The summed E-state index contributed by atoms with van der Waals surface area (Å²) in [6.07, 6.45) is 8.40. The highest BCUT2D eigenvalue weighted by Gasteiger charge is 2.53. The second-order valence-electron chi connectivity index (χ2n) is 6.53. The van der Waals surface area contributed by atoms with Gasteiger partial charge in [0.25, 0.3) is 0 Å². The van der Waals surface area contributed by atoms with Crippen LogP contribution in [0.2, 0.25) is 0 Å². The van der Waals surface area contributed by atoms with Gasteiger partial charge in [-0.3, -0.25) is 0 Å². The minimum atomic E-state index is 0.533. The summed E-state index contributed by atoms with van der Waals surface area (Å²) >= 11 is 0. The summed E-state index contributed by atoms with van der Waals surface area (Å²) in [5.41, 5.74) is 6.61. The first-order valence-electron chi connectivity index (χ1n) is 6.66. The molecule has 0 amide bonds. The molecule has 15 heavy (non-hydrogen) atoms. The molecule has 3 rings (SSSR count). The van der Waals surface area contributed by atoms with E-state index in [-0.39, 0.29) is 0 Å². The maximum Gasteiger partial charge on any atom is 0.00959 e. The van der Waals surface area contributed by atoms with Crippen LogP contribution in [0.4, 0.5) is 0 Å². The predicted octanol–water partition coefficient (Wildman–Crippen LogP) is 1.89. The Morgan fingerprint density at radius 1 is 1.13 bits per heavy atom. The summed E-state index contributed by atoms with van der Waals surface area (Å²) in [6, 6.07) is 1.37. The summed E-state index contributed by atoms with van der Waals surface area (Å²) < 4.78 is 0. The second-order valence-corrected chi connectivity index (χ2v) is 6.53. The topological polar surface area (TPSA) is 38.0 Å². The molecule has 0 aromatic rings. The van der Waals surface area contributed by atoms with Crippen molar-refractivity contribution >= 4 is 0 Å². The Labute approximate surface area is 93.0 Å². The Bertz CT molecular complexity index is 229. The van der Waals surface area contributed by atoms with Crippen molar-refractivity contribution in [1.29, 1.82) is 0 Å². The average Bonchev–Trinajstić information content (AvgIpc) is 2.11. The monoisotopic (exact) mass is 208 g/mol. The Kier molecular flexibility index (Phi) is 2.33. The highest BCUT2D eigenvalue weighted by atomic mass is 14.9. The number of rotatable bonds is 1. The number of piperidine rings is 1. The second kappa shape index (κ2) is 3.46. The number of hydrogen-bond donors (Lipinski definition) is 2. The molecule has 2 heteroatoms. The lowest BCUT2D eigenvalue weighted by atomic mass is 9.48. The van der Waals surface area contributed by atoms with E-state index in [1.54, 1.807) is 0 Å². The largest absolute Gasteiger partial charge is 0.328 e. The van der Waals surface area contributed by atoms with Crippen LogP contribution in [0.5, 0.6) is 0 Å². The van der Waals surface area contributed by atoms with Gasteiger partial charge in [0.05, 0.1) is 0 Å². The van der Waals surface area contributed by atoms with Crippen LogP contribution >= 0.6 is 0 Å². The van der Waals surface area contributed by atoms with Crippen LogP contribution in [-0.2, 0) is 0 Å². The molecule has 3 N–H and O–H groups in total. The Balaban J connectivity index is 1.47. The molecule has 2 atom stereocenters. The summed E-state index contributed by atoms with van der Waals surface area (Å²) in [7, 11) is 0. The van der Waals surface area contributed by atoms with E-state index < -0.39 is 0 Å². The van der Waals surface area contributed by atoms with Crippen LogP contribution in [0.1, 0.15) is 45.4 Å². The minimum absolute atomic E-state index is 0.533. The van der Waals surface area contributed by atoms with E-state index in [4.69, 9.17) is 5.73 Å². The van der Waals surface area contributed by atoms with Crippen LogP contribution in [0.25, 0.3) is 0 Å². The van der Waals surface area contributed by atoms with E-state index in [1.807, 2.05) is 0 Å². The summed E-state index contributed by atoms with van der Waals surface area (Å²) in [4.78, 5) is 0. The van der Waals surface area contributed by atoms with Gasteiger partial charge in [0.1, 0.15) is 0 Å². The third-order valence-electron chi connectivity index (χ3n) is 5.05. The molecule has 2 aliphatic carbocycles. The summed E-state index contributed by atoms with van der Waals surface area (Å²) in [5.74, 6) is 1.87. The number of nitrogens with two attached hydrogens (primary N) is 1. The minimum Gasteiger partial charge on any atom is -0.328 e. The lowest BCUT2D eigenvalue weighted by Crippen LogP contribution is -2.58. The quantitative estimate of drug-likeness (QED) is 0.690. The molecule has 3 aliphatic rings. The Morgan fingerprint density at radius 3 is 2.40 bits per heavy atom. The van der Waals surface area contributed by atoms with E-state index >= 15 is 0 Å². The van der Waals surface area contributed by atoms with Crippen LogP contribution in [0.15, 0.2) is 0 Å². The highest BCUT2D eigenvalue weighted by Crippen LogP contribution is 2.59. The standard InChI is InChI=1S/C13H24N2/c1-9-2-3-12(15-8-9)10-4-13(5-10)6-11(14)7-13/h9-12,15H,2-8,14H2,1H3. The van der Waals surface area contributed by atoms with E-state index in [9.17, 15) is 0 Å². The molecule has 0 bridgehead atoms. The first-order valence-corrected chi connectivity index (χ1v) is 6.66. The molecule has 2 unspecified atom stereocenters. The zero-order valence-electron chi connectivity index (χ0n) is 9.84. The fraction of sp³-hybridized carbons (Fsp3) is 1.00. The van der Waals surface area contributed by atoms with Crippen LogP contribution in [-0.4, -0.2) is 18.6 Å². The van der Waals surface area contributed by atoms with Crippen molar-refractivity contribution in [2.24, 2.45) is 23.0 Å². The number of nitrogens with one attached hydrogen (secondary N) is 1. The molecule has 1 heterocycles. The summed E-state index contributed by atoms with van der Waals surface area (Å²) in [5, 5.41) is 3.74. The highest BCUT2D eigenvalue weighted by molar-refractivity contribution is 5.07. The van der Waals surface area contributed by atoms with E-state index in [1.165, 1.54) is 45.1 Å². The van der Waals surface area contributed by atoms with Gasteiger partial charge in [0.2, 0.25) is 0 Å². The van der Waals surface area contributed by atoms with Crippen LogP contribution < -0.4 is 11.1 Å². The molecule has 1 aliphatic heterocycles. The molecule has 2 saturated carbocycles. The van der Waals surface area contributed by atoms with Gasteiger partial charge >= 0.3 is 0 Å². The Morgan fingerprint density at radius 2 is 1.87 bits per heavy atom. The smallest absolute Gasteiger partial charge is 0.00959 e. The fourth-order valence-corrected chi connectivity index (χ4v) is 4.15. The molecule has 2 nitrogen and oxygen atoms in total. The van der Waals surface area contributed by atoms with Crippen molar-refractivity contribution in [2.45, 2.75) is 57.5 Å². The van der Waals surface area contributed by atoms with Crippen LogP contribution in [0.3, 0.4) is 0 Å². The maximum atomic E-state index is 5.89. The van der Waals surface area contributed by atoms with E-state index in [0.29, 0.717) is 6.04 Å². The molecule has 3 fully saturated rings. The molecule has 0 radical (unpaired) electrons. The fourth-order valence-electron chi connectivity index (χ4n) is 4.15. The predicted molar refractivity (Wildman–Crippen MR) is 62.6 cm³/mol. The molecule has 0 aromatic heterocycles. The Hall–Kier alpha value is -0.0800. The molecule has 1 saturated heterocycles. The van der Waals surface area contributed by atoms with E-state index in [0.717, 1.165) is 23.3 Å². The third kappa shape index (κ3) is 1.72. The molecule has 1 spiro atoms. The van der Waals surface area contributed by atoms with Crippen molar-refractivity contribution in [3.63, 3.8) is 0 Å². The van der Waals surface area contributed by atoms with Crippen molar-refractivity contribution in [2.75, 3.05) is 6.54 Å². The third-order valence-corrected chi connectivity index (χ3v) is 5.05. The summed E-state index contributed by atoms with van der Waals surface area (Å²) in [6.45, 7) is 3.60. The molecular weight excluding hydrogens is 184 g/mol. The maximum absolute atomic E-state index is 5.89. The first kappa shape index (κ1) is 10.1. The number of hydrogen-bond acceptors (Lipinski definition) is 2. The van der Waals surface area contributed by atoms with Crippen molar-refractivity contribution in [1.82, 2.24) is 5.32 Å². The molecule has 86 valence electrons. The van der Waals surface area contributed by atoms with Gasteiger partial charge in [-0.05, 0) is 62.3 Å². The van der Waals surface area contributed by atoms with Crippen molar-refractivity contribution in [3.8, 4) is 0 Å². The first-order chi connectivity index (χ1) is 7.17. The van der Waals surface area contributed by atoms with Gasteiger partial charge in [-0.15, -0.1) is 0 Å². The van der Waals surface area contributed by atoms with Gasteiger partial charge in [-0.1, -0.05) is 6.92 Å². The normalized spacial score (nSPS) is 54.8. The molecular formula is C13H24N2. The van der Waals surface area contributed by atoms with Crippen molar-refractivity contribution < 1.29 is 0 Å². The van der Waals surface area contributed by atoms with Gasteiger partial charge in [-0.2, -0.15) is 0 Å². The van der Waals surface area contributed by atoms with Crippen molar-refractivity contribution in [3.05, 3.63) is 0 Å². The average molecular weight is 208 g/mol. The lowest BCUT2D eigenvalue weighted by Gasteiger charge is -2.59. The lowest BCUT2D eigenvalue weighted by molar-refractivity contribution is -0.0575. The van der Waals surface area contributed by atoms with Gasteiger partial charge < -0.3 is 11.1 Å². The van der Waals surface area contributed by atoms with Gasteiger partial charge in [0, 0.05) is 12.1 Å². The SMILES string of the molecule is CC1CCC(C2CC3(CC(N)C3)C2)NC1. The zero-order valence-corrected chi connectivity index (χ0v) is 9.84. The van der Waals surface area contributed by atoms with Gasteiger partial charge in [0.15, 0.2) is 0 Å². The van der Waals surface area contributed by atoms with Crippen LogP contribution in [0, 0.1) is 17.3 Å². The zero-order chi connectivity index (χ0) is 10.5. The van der Waals surface area contributed by atoms with E-state index in [2.05, 4.69) is 12.2 Å². The molecule has 0 aromatic carbocycles.